The van der Waals surface area contributed by atoms with E-state index in [4.69, 9.17) is 16.3 Å². The minimum absolute atomic E-state index is 0.0711. The number of fused-ring (bicyclic) bond motifs is 1. The Morgan fingerprint density at radius 2 is 1.80 bits per heavy atom. The van der Waals surface area contributed by atoms with Gasteiger partial charge in [-0.3, -0.25) is 0 Å². The van der Waals surface area contributed by atoms with Crippen molar-refractivity contribution in [3.8, 4) is 0 Å². The van der Waals surface area contributed by atoms with Gasteiger partial charge in [-0.15, -0.1) is 11.6 Å². The highest BCUT2D eigenvalue weighted by atomic mass is 79.9. The Morgan fingerprint density at radius 1 is 1.20 bits per heavy atom. The molecule has 6 atom stereocenters. The van der Waals surface area contributed by atoms with Crippen LogP contribution in [0, 0.1) is 10.8 Å². The second-order valence-electron chi connectivity index (χ2n) is 7.48. The lowest BCUT2D eigenvalue weighted by atomic mass is 9.47. The van der Waals surface area contributed by atoms with E-state index in [0.29, 0.717) is 0 Å². The molecule has 0 amide bonds. The smallest absolute Gasteiger partial charge is 0.147 e. The number of hydrogen-bond donors (Lipinski definition) is 1. The zero-order chi connectivity index (χ0) is 15.2. The Balaban J connectivity index is 2.21. The highest BCUT2D eigenvalue weighted by Crippen LogP contribution is 2.73. The summed E-state index contributed by atoms with van der Waals surface area (Å²) in [7, 11) is 0. The molecule has 2 aliphatic carbocycles. The minimum atomic E-state index is -0.908. The van der Waals surface area contributed by atoms with Gasteiger partial charge in [0, 0.05) is 15.7 Å². The quantitative estimate of drug-likeness (QED) is 0.459. The summed E-state index contributed by atoms with van der Waals surface area (Å²) in [6, 6.07) is 0. The fourth-order valence-electron chi connectivity index (χ4n) is 4.58. The molecule has 20 heavy (non-hydrogen) atoms. The monoisotopic (exact) mass is 426 g/mol. The Hall–Kier alpha value is 0.910. The maximum Gasteiger partial charge on any atom is 0.147 e. The second-order valence-corrected chi connectivity index (χ2v) is 10.6. The third kappa shape index (κ3) is 1.58. The molecule has 1 N–H and O–H groups in total. The number of alkyl halides is 3. The molecule has 1 saturated heterocycles. The summed E-state index contributed by atoms with van der Waals surface area (Å²) in [5.74, 6) is 0. The van der Waals surface area contributed by atoms with Gasteiger partial charge in [-0.05, 0) is 48.7 Å². The average molecular weight is 429 g/mol. The van der Waals surface area contributed by atoms with Crippen molar-refractivity contribution in [1.82, 2.24) is 0 Å². The summed E-state index contributed by atoms with van der Waals surface area (Å²) >= 11 is 14.2. The zero-order valence-electron chi connectivity index (χ0n) is 12.2. The first-order valence-electron chi connectivity index (χ1n) is 7.02. The van der Waals surface area contributed by atoms with Crippen LogP contribution in [-0.2, 0) is 4.74 Å². The van der Waals surface area contributed by atoms with Crippen molar-refractivity contribution in [3.63, 3.8) is 0 Å². The summed E-state index contributed by atoms with van der Waals surface area (Å²) in [6.07, 6.45) is 5.29. The van der Waals surface area contributed by atoms with Crippen LogP contribution in [0.4, 0.5) is 0 Å². The van der Waals surface area contributed by atoms with E-state index >= 15 is 0 Å². The van der Waals surface area contributed by atoms with Crippen LogP contribution in [0.1, 0.15) is 40.5 Å². The van der Waals surface area contributed by atoms with E-state index in [9.17, 15) is 5.11 Å². The van der Waals surface area contributed by atoms with E-state index in [1.165, 1.54) is 0 Å². The van der Waals surface area contributed by atoms with Crippen molar-refractivity contribution in [2.24, 2.45) is 10.8 Å². The van der Waals surface area contributed by atoms with Crippen molar-refractivity contribution >= 4 is 43.5 Å². The number of halogens is 3. The van der Waals surface area contributed by atoms with E-state index < -0.39 is 10.1 Å². The van der Waals surface area contributed by atoms with Gasteiger partial charge in [0.25, 0.3) is 0 Å². The van der Waals surface area contributed by atoms with Gasteiger partial charge in [0.15, 0.2) is 0 Å². The normalized spacial score (nSPS) is 60.4. The molecule has 3 aliphatic rings. The molecule has 0 radical (unpaired) electrons. The maximum atomic E-state index is 11.1. The number of aliphatic hydroxyl groups is 1. The van der Waals surface area contributed by atoms with Crippen molar-refractivity contribution in [2.45, 2.75) is 66.5 Å². The lowest BCUT2D eigenvalue weighted by molar-refractivity contribution is -0.132. The second kappa shape index (κ2) is 4.05. The molecule has 2 fully saturated rings. The van der Waals surface area contributed by atoms with Crippen LogP contribution in [0.15, 0.2) is 12.2 Å². The summed E-state index contributed by atoms with van der Waals surface area (Å²) in [4.78, 5) is -0.216. The third-order valence-electron chi connectivity index (χ3n) is 6.10. The Morgan fingerprint density at radius 3 is 2.40 bits per heavy atom. The van der Waals surface area contributed by atoms with Crippen molar-refractivity contribution in [3.05, 3.63) is 12.2 Å². The van der Waals surface area contributed by atoms with E-state index in [-0.39, 0.29) is 26.6 Å². The van der Waals surface area contributed by atoms with Gasteiger partial charge in [-0.25, -0.2) is 0 Å². The summed E-state index contributed by atoms with van der Waals surface area (Å²) in [5.41, 5.74) is -1.50. The van der Waals surface area contributed by atoms with Crippen LogP contribution in [0.5, 0.6) is 0 Å². The summed E-state index contributed by atoms with van der Waals surface area (Å²) in [5, 5.41) is 11.1. The molecule has 0 aromatic heterocycles. The first-order chi connectivity index (χ1) is 8.90. The molecule has 3 rings (SSSR count). The maximum absolute atomic E-state index is 11.1. The van der Waals surface area contributed by atoms with E-state index in [1.54, 1.807) is 0 Å². The molecular formula is C15H21Br2ClO2. The molecule has 2 bridgehead atoms. The predicted octanol–water partition coefficient (Wildman–Crippen LogP) is 4.36. The fraction of sp³-hybridized carbons (Fsp3) is 0.867. The molecule has 2 unspecified atom stereocenters. The van der Waals surface area contributed by atoms with Gasteiger partial charge in [-0.2, -0.15) is 0 Å². The van der Waals surface area contributed by atoms with Crippen LogP contribution in [0.3, 0.4) is 0 Å². The highest BCUT2D eigenvalue weighted by molar-refractivity contribution is 9.10. The molecule has 1 aliphatic heterocycles. The topological polar surface area (TPSA) is 29.5 Å². The lowest BCUT2D eigenvalue weighted by Crippen LogP contribution is -2.65. The predicted molar refractivity (Wildman–Crippen MR) is 88.7 cm³/mol. The van der Waals surface area contributed by atoms with Crippen LogP contribution < -0.4 is 0 Å². The van der Waals surface area contributed by atoms with Crippen LogP contribution >= 0.6 is 43.5 Å². The van der Waals surface area contributed by atoms with Gasteiger partial charge >= 0.3 is 0 Å². The Kier molecular flexibility index (Phi) is 3.20. The minimum Gasteiger partial charge on any atom is -0.385 e. The largest absolute Gasteiger partial charge is 0.385 e. The average Bonchev–Trinajstić information content (AvgIpc) is 2.37. The van der Waals surface area contributed by atoms with Crippen LogP contribution in [-0.4, -0.2) is 31.0 Å². The Bertz CT molecular complexity index is 488. The van der Waals surface area contributed by atoms with Crippen molar-refractivity contribution < 1.29 is 9.84 Å². The van der Waals surface area contributed by atoms with Gasteiger partial charge in [0.05, 0.1) is 16.6 Å². The van der Waals surface area contributed by atoms with E-state index in [0.717, 1.165) is 12.8 Å². The Labute approximate surface area is 142 Å². The molecular weight excluding hydrogens is 407 g/mol. The highest BCUT2D eigenvalue weighted by Gasteiger charge is 2.76. The lowest BCUT2D eigenvalue weighted by Gasteiger charge is -2.59. The fourth-order valence-corrected chi connectivity index (χ4v) is 6.21. The van der Waals surface area contributed by atoms with E-state index in [1.807, 2.05) is 26.0 Å². The number of ether oxygens (including phenoxy) is 1. The third-order valence-corrected chi connectivity index (χ3v) is 9.55. The molecule has 0 aromatic carbocycles. The van der Waals surface area contributed by atoms with Gasteiger partial charge in [-0.1, -0.05) is 35.9 Å². The van der Waals surface area contributed by atoms with Crippen LogP contribution in [0.25, 0.3) is 0 Å². The molecule has 0 aromatic rings. The van der Waals surface area contributed by atoms with Gasteiger partial charge in [0.2, 0.25) is 0 Å². The van der Waals surface area contributed by atoms with E-state index in [2.05, 4.69) is 45.7 Å². The molecule has 1 heterocycles. The van der Waals surface area contributed by atoms with Crippen molar-refractivity contribution in [1.29, 1.82) is 0 Å². The van der Waals surface area contributed by atoms with Gasteiger partial charge in [0.1, 0.15) is 4.51 Å². The SMILES string of the molecule is CC1(C)C23C[C@H](Br)[C@@](C)(Cl)CC2O[C@@]1(Br)C=C[C@@]3(C)O. The van der Waals surface area contributed by atoms with Gasteiger partial charge < -0.3 is 9.84 Å². The molecule has 5 heteroatoms. The zero-order valence-corrected chi connectivity index (χ0v) is 16.1. The van der Waals surface area contributed by atoms with Crippen LogP contribution in [0.2, 0.25) is 0 Å². The molecule has 114 valence electrons. The standard InChI is InChI=1S/C15H21Br2ClO2/c1-11(2)14-7-9(16)12(3,18)8-10(14)20-15(11,17)6-5-13(14,4)19/h5-6,9-10,19H,7-8H2,1-4H3/t9-,10?,12-,13+,14?,15-/m0/s1. The first-order valence-corrected chi connectivity index (χ1v) is 9.11. The first kappa shape index (κ1) is 15.8. The number of rotatable bonds is 0. The molecule has 1 spiro atoms. The molecule has 2 nitrogen and oxygen atoms in total. The molecule has 1 saturated carbocycles. The summed E-state index contributed by atoms with van der Waals surface area (Å²) < 4.78 is 5.84. The number of hydrogen-bond acceptors (Lipinski definition) is 2. The summed E-state index contributed by atoms with van der Waals surface area (Å²) in [6.45, 7) is 8.30. The van der Waals surface area contributed by atoms with Crippen molar-refractivity contribution in [2.75, 3.05) is 0 Å².